The van der Waals surface area contributed by atoms with Gasteiger partial charge in [-0.2, -0.15) is 0 Å². The zero-order chi connectivity index (χ0) is 15.7. The topological polar surface area (TPSA) is 119 Å². The number of carboxylic acid groups (broad SMARTS) is 1. The van der Waals surface area contributed by atoms with Crippen molar-refractivity contribution in [2.45, 2.75) is 26.8 Å². The number of carboxylic acids is 1. The van der Waals surface area contributed by atoms with E-state index in [4.69, 9.17) is 5.11 Å². The van der Waals surface area contributed by atoms with Crippen molar-refractivity contribution in [2.24, 2.45) is 5.92 Å². The molecule has 0 aliphatic carbocycles. The molecule has 0 aromatic carbocycles. The molecule has 0 aliphatic rings. The lowest BCUT2D eigenvalue weighted by atomic mass is 10.2. The first-order valence-electron chi connectivity index (χ1n) is 5.70. The molecule has 114 valence electrons. The van der Waals surface area contributed by atoms with Crippen LogP contribution in [0.5, 0.6) is 0 Å². The quantitative estimate of drug-likeness (QED) is 0.518. The van der Waals surface area contributed by atoms with Crippen molar-refractivity contribution in [3.05, 3.63) is 0 Å². The van der Waals surface area contributed by atoms with Crippen molar-refractivity contribution in [3.63, 3.8) is 0 Å². The van der Waals surface area contributed by atoms with Crippen LogP contribution < -0.4 is 5.32 Å². The molecule has 0 fully saturated rings. The molecule has 9 heteroatoms. The third kappa shape index (κ3) is 8.35. The van der Waals surface area contributed by atoms with Gasteiger partial charge in [0.2, 0.25) is 12.7 Å². The van der Waals surface area contributed by atoms with Gasteiger partial charge in [-0.15, -0.1) is 0 Å². The van der Waals surface area contributed by atoms with E-state index in [9.17, 15) is 19.2 Å². The number of carbonyl (C=O) groups is 4. The molecule has 0 aromatic rings. The number of esters is 1. The Morgan fingerprint density at radius 1 is 1.20 bits per heavy atom. The third-order valence-corrected chi connectivity index (χ3v) is 2.75. The summed E-state index contributed by atoms with van der Waals surface area (Å²) in [4.78, 5) is 43.8. The van der Waals surface area contributed by atoms with Gasteiger partial charge in [0.05, 0.1) is 5.92 Å². The molecule has 0 rings (SSSR count). The van der Waals surface area contributed by atoms with Crippen LogP contribution in [0, 0.1) is 5.92 Å². The monoisotopic (exact) mass is 307 g/mol. The molecule has 0 aliphatic heterocycles. The van der Waals surface area contributed by atoms with Gasteiger partial charge in [-0.3, -0.25) is 9.59 Å². The molecule has 0 aromatic heterocycles. The Labute approximate surface area is 120 Å². The Bertz CT molecular complexity index is 383. The van der Waals surface area contributed by atoms with Gasteiger partial charge >= 0.3 is 17.2 Å². The zero-order valence-corrected chi connectivity index (χ0v) is 12.2. The number of thioether (sulfide) groups is 1. The minimum atomic E-state index is -1.26. The van der Waals surface area contributed by atoms with Crippen molar-refractivity contribution in [1.29, 1.82) is 0 Å². The number of nitrogens with one attached hydrogen (secondary N) is 1. The summed E-state index contributed by atoms with van der Waals surface area (Å²) in [6, 6.07) is -1.19. The summed E-state index contributed by atoms with van der Waals surface area (Å²) in [5, 5.41) is 10.2. The van der Waals surface area contributed by atoms with E-state index in [2.05, 4.69) is 14.8 Å². The molecule has 1 atom stereocenters. The highest BCUT2D eigenvalue weighted by Crippen LogP contribution is 2.08. The van der Waals surface area contributed by atoms with Gasteiger partial charge in [0.25, 0.3) is 0 Å². The lowest BCUT2D eigenvalue weighted by Crippen LogP contribution is -2.41. The maximum absolute atomic E-state index is 11.3. The Balaban J connectivity index is 3.99. The number of carbonyl (C=O) groups excluding carboxylic acids is 3. The summed E-state index contributed by atoms with van der Waals surface area (Å²) in [5.41, 5.74) is 0. The number of aliphatic carboxylic acids is 1. The van der Waals surface area contributed by atoms with Gasteiger partial charge < -0.3 is 19.9 Å². The Kier molecular flexibility index (Phi) is 8.37. The molecular weight excluding hydrogens is 290 g/mol. The summed E-state index contributed by atoms with van der Waals surface area (Å²) in [6.45, 7) is 3.90. The zero-order valence-electron chi connectivity index (χ0n) is 11.4. The highest BCUT2D eigenvalue weighted by atomic mass is 32.2. The molecule has 0 saturated heterocycles. The van der Waals surface area contributed by atoms with Crippen molar-refractivity contribution >= 4 is 34.9 Å². The SMILES string of the molecule is CC(=O)N[C@H](CSC(=O)OCOC(=O)C(C)C)C(=O)O. The van der Waals surface area contributed by atoms with Gasteiger partial charge in [-0.05, 0) is 11.8 Å². The van der Waals surface area contributed by atoms with E-state index < -0.39 is 36.0 Å². The second-order valence-electron chi connectivity index (χ2n) is 4.03. The normalized spacial score (nSPS) is 11.6. The third-order valence-electron chi connectivity index (χ3n) is 1.89. The average Bonchev–Trinajstić information content (AvgIpc) is 2.33. The molecule has 0 radical (unpaired) electrons. The van der Waals surface area contributed by atoms with E-state index in [0.717, 1.165) is 0 Å². The summed E-state index contributed by atoms with van der Waals surface area (Å²) in [6.07, 6.45) is 0. The Morgan fingerprint density at radius 2 is 1.80 bits per heavy atom. The maximum atomic E-state index is 11.3. The van der Waals surface area contributed by atoms with Crippen LogP contribution in [0.15, 0.2) is 0 Å². The first kappa shape index (κ1) is 18.2. The van der Waals surface area contributed by atoms with Crippen molar-refractivity contribution < 1.29 is 33.8 Å². The van der Waals surface area contributed by atoms with E-state index >= 15 is 0 Å². The van der Waals surface area contributed by atoms with Crippen molar-refractivity contribution in [1.82, 2.24) is 5.32 Å². The number of ether oxygens (including phenoxy) is 2. The summed E-state index contributed by atoms with van der Waals surface area (Å²) in [5.74, 6) is -2.81. The van der Waals surface area contributed by atoms with E-state index in [-0.39, 0.29) is 11.7 Å². The van der Waals surface area contributed by atoms with Crippen LogP contribution in [0.2, 0.25) is 0 Å². The first-order chi connectivity index (χ1) is 9.23. The lowest BCUT2D eigenvalue weighted by molar-refractivity contribution is -0.155. The second-order valence-corrected chi connectivity index (χ2v) is 4.99. The molecule has 20 heavy (non-hydrogen) atoms. The fraction of sp³-hybridized carbons (Fsp3) is 0.636. The Hall–Kier alpha value is -1.77. The van der Waals surface area contributed by atoms with Crippen LogP contribution >= 0.6 is 11.8 Å². The number of amides is 1. The molecule has 0 unspecified atom stereocenters. The maximum Gasteiger partial charge on any atom is 0.370 e. The minimum Gasteiger partial charge on any atom is -0.480 e. The van der Waals surface area contributed by atoms with Crippen molar-refractivity contribution in [2.75, 3.05) is 12.5 Å². The molecule has 0 bridgehead atoms. The minimum absolute atomic E-state index is 0.189. The number of hydrogen-bond acceptors (Lipinski definition) is 7. The smallest absolute Gasteiger partial charge is 0.370 e. The van der Waals surface area contributed by atoms with Gasteiger partial charge in [0.15, 0.2) is 0 Å². The van der Waals surface area contributed by atoms with E-state index in [1.54, 1.807) is 13.8 Å². The molecule has 2 N–H and O–H groups in total. The first-order valence-corrected chi connectivity index (χ1v) is 6.68. The van der Waals surface area contributed by atoms with Gasteiger partial charge in [-0.1, -0.05) is 13.8 Å². The second kappa shape index (κ2) is 9.18. The fourth-order valence-electron chi connectivity index (χ4n) is 0.915. The van der Waals surface area contributed by atoms with E-state index in [1.807, 2.05) is 0 Å². The average molecular weight is 307 g/mol. The van der Waals surface area contributed by atoms with Crippen LogP contribution in [0.4, 0.5) is 4.79 Å². The summed E-state index contributed by atoms with van der Waals surface area (Å²) < 4.78 is 9.18. The molecule has 1 amide bonds. The predicted octanol–water partition coefficient (Wildman–Crippen LogP) is 0.602. The van der Waals surface area contributed by atoms with Crippen LogP contribution in [-0.2, 0) is 23.9 Å². The summed E-state index contributed by atoms with van der Waals surface area (Å²) in [7, 11) is 0. The largest absolute Gasteiger partial charge is 0.480 e. The van der Waals surface area contributed by atoms with Gasteiger partial charge in [-0.25, -0.2) is 9.59 Å². The van der Waals surface area contributed by atoms with Crippen LogP contribution in [0.25, 0.3) is 0 Å². The lowest BCUT2D eigenvalue weighted by Gasteiger charge is -2.12. The molecule has 0 saturated carbocycles. The highest BCUT2D eigenvalue weighted by Gasteiger charge is 2.20. The highest BCUT2D eigenvalue weighted by molar-refractivity contribution is 8.13. The van der Waals surface area contributed by atoms with Gasteiger partial charge in [0, 0.05) is 12.7 Å². The van der Waals surface area contributed by atoms with Crippen LogP contribution in [-0.4, -0.2) is 46.8 Å². The van der Waals surface area contributed by atoms with Gasteiger partial charge in [0.1, 0.15) is 6.04 Å². The summed E-state index contributed by atoms with van der Waals surface area (Å²) >= 11 is 0.567. The van der Waals surface area contributed by atoms with Crippen molar-refractivity contribution in [3.8, 4) is 0 Å². The van der Waals surface area contributed by atoms with Crippen LogP contribution in [0.3, 0.4) is 0 Å². The fourth-order valence-corrected chi connectivity index (χ4v) is 1.58. The van der Waals surface area contributed by atoms with Crippen LogP contribution in [0.1, 0.15) is 20.8 Å². The molecule has 0 heterocycles. The number of rotatable bonds is 7. The van der Waals surface area contributed by atoms with E-state index in [0.29, 0.717) is 11.8 Å². The molecule has 0 spiro atoms. The molecule has 8 nitrogen and oxygen atoms in total. The standard InChI is InChI=1S/C11H17NO7S/c1-6(2)10(16)18-5-19-11(17)20-4-8(9(14)15)12-7(3)13/h6,8H,4-5H2,1-3H3,(H,12,13)(H,14,15)/t8-/m1/s1. The molecular formula is C11H17NO7S. The predicted molar refractivity (Wildman–Crippen MR) is 70.0 cm³/mol. The number of hydrogen-bond donors (Lipinski definition) is 2. The Morgan fingerprint density at radius 3 is 2.25 bits per heavy atom. The van der Waals surface area contributed by atoms with E-state index in [1.165, 1.54) is 6.92 Å².